The second-order valence-electron chi connectivity index (χ2n) is 4.72. The molecule has 2 aromatic rings. The monoisotopic (exact) mass is 245 g/mol. The van der Waals surface area contributed by atoms with Crippen molar-refractivity contribution in [2.75, 3.05) is 6.61 Å². The van der Waals surface area contributed by atoms with Crippen LogP contribution in [0.3, 0.4) is 0 Å². The molecule has 0 amide bonds. The van der Waals surface area contributed by atoms with Crippen molar-refractivity contribution in [1.82, 2.24) is 4.98 Å². The molecule has 94 valence electrons. The number of oxazole rings is 1. The van der Waals surface area contributed by atoms with Crippen LogP contribution < -0.4 is 0 Å². The molecule has 1 aromatic heterocycles. The van der Waals surface area contributed by atoms with Gasteiger partial charge in [0.1, 0.15) is 5.52 Å². The van der Waals surface area contributed by atoms with Gasteiger partial charge < -0.3 is 9.15 Å². The minimum absolute atomic E-state index is 0.0703. The molecule has 4 nitrogen and oxygen atoms in total. The fraction of sp³-hybridized carbons (Fsp3) is 0.429. The first-order valence-corrected chi connectivity index (χ1v) is 6.22. The van der Waals surface area contributed by atoms with Gasteiger partial charge in [0.2, 0.25) is 0 Å². The van der Waals surface area contributed by atoms with E-state index in [9.17, 15) is 4.79 Å². The van der Waals surface area contributed by atoms with E-state index >= 15 is 0 Å². The van der Waals surface area contributed by atoms with Gasteiger partial charge in [0.15, 0.2) is 11.5 Å². The highest BCUT2D eigenvalue weighted by molar-refractivity contribution is 5.78. The number of carbonyl (C=O) groups is 1. The van der Waals surface area contributed by atoms with Crippen molar-refractivity contribution in [3.8, 4) is 0 Å². The number of ether oxygens (including phenoxy) is 1. The van der Waals surface area contributed by atoms with Crippen molar-refractivity contribution in [2.45, 2.75) is 26.2 Å². The van der Waals surface area contributed by atoms with Gasteiger partial charge in [0.25, 0.3) is 0 Å². The van der Waals surface area contributed by atoms with Gasteiger partial charge in [-0.3, -0.25) is 4.79 Å². The number of hydrogen-bond acceptors (Lipinski definition) is 4. The van der Waals surface area contributed by atoms with E-state index in [4.69, 9.17) is 9.15 Å². The molecular formula is C14H15NO3. The van der Waals surface area contributed by atoms with Gasteiger partial charge in [-0.1, -0.05) is 6.07 Å². The summed E-state index contributed by atoms with van der Waals surface area (Å²) in [5, 5.41) is 0. The summed E-state index contributed by atoms with van der Waals surface area (Å²) in [5.74, 6) is 0.547. The molecule has 0 radical (unpaired) electrons. The summed E-state index contributed by atoms with van der Waals surface area (Å²) in [7, 11) is 0. The molecule has 1 aromatic carbocycles. The first-order chi connectivity index (χ1) is 8.69. The van der Waals surface area contributed by atoms with Crippen molar-refractivity contribution < 1.29 is 13.9 Å². The predicted octanol–water partition coefficient (Wildman–Crippen LogP) is 2.80. The van der Waals surface area contributed by atoms with Gasteiger partial charge in [0, 0.05) is 5.92 Å². The summed E-state index contributed by atoms with van der Waals surface area (Å²) in [6.45, 7) is 4.26. The minimum Gasteiger partial charge on any atom is -0.466 e. The largest absolute Gasteiger partial charge is 0.466 e. The van der Waals surface area contributed by atoms with Crippen LogP contribution in [0, 0.1) is 12.8 Å². The molecule has 1 fully saturated rings. The van der Waals surface area contributed by atoms with Crippen molar-refractivity contribution in [1.29, 1.82) is 0 Å². The SMILES string of the molecule is CCOC(=O)[C@H]1C[C@@H]1c1nc2cc(C)ccc2o1. The number of aromatic nitrogens is 1. The molecule has 0 unspecified atom stereocenters. The highest BCUT2D eigenvalue weighted by atomic mass is 16.5. The smallest absolute Gasteiger partial charge is 0.309 e. The summed E-state index contributed by atoms with van der Waals surface area (Å²) < 4.78 is 10.7. The molecule has 18 heavy (non-hydrogen) atoms. The molecule has 0 N–H and O–H groups in total. The number of fused-ring (bicyclic) bond motifs is 1. The zero-order chi connectivity index (χ0) is 12.7. The Hall–Kier alpha value is -1.84. The Bertz CT molecular complexity index is 602. The summed E-state index contributed by atoms with van der Waals surface area (Å²) >= 11 is 0. The predicted molar refractivity (Wildman–Crippen MR) is 66.2 cm³/mol. The maximum atomic E-state index is 11.6. The molecular weight excluding hydrogens is 230 g/mol. The first kappa shape index (κ1) is 11.3. The molecule has 1 saturated carbocycles. The molecule has 3 rings (SSSR count). The van der Waals surface area contributed by atoms with Crippen LogP contribution in [0.1, 0.15) is 30.7 Å². The van der Waals surface area contributed by atoms with Crippen molar-refractivity contribution in [2.24, 2.45) is 5.92 Å². The Morgan fingerprint density at radius 3 is 3.17 bits per heavy atom. The minimum atomic E-state index is -0.138. The van der Waals surface area contributed by atoms with E-state index < -0.39 is 0 Å². The van der Waals surface area contributed by atoms with Crippen molar-refractivity contribution in [3.63, 3.8) is 0 Å². The molecule has 4 heteroatoms. The lowest BCUT2D eigenvalue weighted by Gasteiger charge is -1.98. The van der Waals surface area contributed by atoms with Gasteiger partial charge >= 0.3 is 5.97 Å². The van der Waals surface area contributed by atoms with Gasteiger partial charge in [-0.15, -0.1) is 0 Å². The second kappa shape index (κ2) is 4.12. The molecule has 1 heterocycles. The summed E-state index contributed by atoms with van der Waals surface area (Å²) in [4.78, 5) is 16.0. The number of nitrogens with zero attached hydrogens (tertiary/aromatic N) is 1. The molecule has 1 aliphatic rings. The molecule has 1 aliphatic carbocycles. The average Bonchev–Trinajstić information content (AvgIpc) is 3.03. The quantitative estimate of drug-likeness (QED) is 0.780. The van der Waals surface area contributed by atoms with Crippen LogP contribution in [-0.4, -0.2) is 17.6 Å². The number of benzene rings is 1. The van der Waals surface area contributed by atoms with Gasteiger partial charge in [-0.25, -0.2) is 4.98 Å². The fourth-order valence-corrected chi connectivity index (χ4v) is 2.19. The lowest BCUT2D eigenvalue weighted by Crippen LogP contribution is -2.07. The van der Waals surface area contributed by atoms with Crippen molar-refractivity contribution in [3.05, 3.63) is 29.7 Å². The Morgan fingerprint density at radius 2 is 2.39 bits per heavy atom. The highest BCUT2D eigenvalue weighted by Gasteiger charge is 2.48. The van der Waals surface area contributed by atoms with E-state index in [1.807, 2.05) is 32.0 Å². The first-order valence-electron chi connectivity index (χ1n) is 6.22. The Kier molecular flexibility index (Phi) is 2.58. The number of hydrogen-bond donors (Lipinski definition) is 0. The maximum Gasteiger partial charge on any atom is 0.309 e. The number of esters is 1. The van der Waals surface area contributed by atoms with Crippen LogP contribution >= 0.6 is 0 Å². The second-order valence-corrected chi connectivity index (χ2v) is 4.72. The summed E-state index contributed by atoms with van der Waals surface area (Å²) in [6.07, 6.45) is 0.782. The highest BCUT2D eigenvalue weighted by Crippen LogP contribution is 2.48. The van der Waals surface area contributed by atoms with Gasteiger partial charge in [0.05, 0.1) is 12.5 Å². The number of aryl methyl sites for hydroxylation is 1. The lowest BCUT2D eigenvalue weighted by atomic mass is 10.2. The molecule has 0 spiro atoms. The molecule has 0 aliphatic heterocycles. The summed E-state index contributed by atoms with van der Waals surface area (Å²) in [5.41, 5.74) is 2.80. The molecule has 0 saturated heterocycles. The van der Waals surface area contributed by atoms with E-state index in [-0.39, 0.29) is 17.8 Å². The maximum absolute atomic E-state index is 11.6. The summed E-state index contributed by atoms with van der Waals surface area (Å²) in [6, 6.07) is 5.90. The van der Waals surface area contributed by atoms with E-state index in [1.165, 1.54) is 0 Å². The van der Waals surface area contributed by atoms with E-state index in [0.29, 0.717) is 12.5 Å². The van der Waals surface area contributed by atoms with E-state index in [1.54, 1.807) is 0 Å². The van der Waals surface area contributed by atoms with Crippen LogP contribution in [0.15, 0.2) is 22.6 Å². The Balaban J connectivity index is 1.82. The van der Waals surface area contributed by atoms with E-state index in [0.717, 1.165) is 23.1 Å². The Labute approximate surface area is 105 Å². The third kappa shape index (κ3) is 1.88. The van der Waals surface area contributed by atoms with Crippen molar-refractivity contribution >= 4 is 17.1 Å². The van der Waals surface area contributed by atoms with Crippen LogP contribution in [0.2, 0.25) is 0 Å². The standard InChI is InChI=1S/C14H15NO3/c1-3-17-14(16)10-7-9(10)13-15-11-6-8(2)4-5-12(11)18-13/h4-6,9-10H,3,7H2,1-2H3/t9-,10-/m0/s1. The molecule has 0 bridgehead atoms. The fourth-order valence-electron chi connectivity index (χ4n) is 2.19. The molecule has 2 atom stereocenters. The zero-order valence-corrected chi connectivity index (χ0v) is 10.5. The zero-order valence-electron chi connectivity index (χ0n) is 10.5. The van der Waals surface area contributed by atoms with E-state index in [2.05, 4.69) is 4.98 Å². The third-order valence-electron chi connectivity index (χ3n) is 3.26. The Morgan fingerprint density at radius 1 is 1.56 bits per heavy atom. The van der Waals surface area contributed by atoms with Crippen LogP contribution in [0.5, 0.6) is 0 Å². The average molecular weight is 245 g/mol. The van der Waals surface area contributed by atoms with Gasteiger partial charge in [-0.2, -0.15) is 0 Å². The number of carbonyl (C=O) groups excluding carboxylic acids is 1. The third-order valence-corrected chi connectivity index (χ3v) is 3.26. The lowest BCUT2D eigenvalue weighted by molar-refractivity contribution is -0.144. The van der Waals surface area contributed by atoms with Gasteiger partial charge in [-0.05, 0) is 38.0 Å². The topological polar surface area (TPSA) is 52.3 Å². The van der Waals surface area contributed by atoms with Crippen LogP contribution in [0.4, 0.5) is 0 Å². The van der Waals surface area contributed by atoms with Crippen LogP contribution in [-0.2, 0) is 9.53 Å². The van der Waals surface area contributed by atoms with Crippen LogP contribution in [0.25, 0.3) is 11.1 Å². The number of rotatable bonds is 3. The normalized spacial score (nSPS) is 22.1.